The zero-order valence-electron chi connectivity index (χ0n) is 12.5. The molecule has 0 radical (unpaired) electrons. The highest BCUT2D eigenvalue weighted by Crippen LogP contribution is 2.29. The van der Waals surface area contributed by atoms with Crippen molar-refractivity contribution in [1.82, 2.24) is 5.32 Å². The summed E-state index contributed by atoms with van der Waals surface area (Å²) in [6.45, 7) is 10.7. The SMILES string of the molecule is CCCCNCCOCC[C@@H]1C=C(C)C[C@H](C)C1. The van der Waals surface area contributed by atoms with Crippen molar-refractivity contribution in [3.63, 3.8) is 0 Å². The van der Waals surface area contributed by atoms with E-state index in [0.717, 1.165) is 38.1 Å². The Balaban J connectivity index is 1.96. The minimum atomic E-state index is 0.752. The van der Waals surface area contributed by atoms with Gasteiger partial charge in [0.1, 0.15) is 0 Å². The summed E-state index contributed by atoms with van der Waals surface area (Å²) in [4.78, 5) is 0. The molecule has 1 rings (SSSR count). The molecule has 0 aromatic heterocycles. The Morgan fingerprint density at radius 1 is 1.33 bits per heavy atom. The Kier molecular flexibility index (Phi) is 8.36. The zero-order chi connectivity index (χ0) is 13.2. The molecule has 18 heavy (non-hydrogen) atoms. The Morgan fingerprint density at radius 3 is 2.89 bits per heavy atom. The highest BCUT2D eigenvalue weighted by atomic mass is 16.5. The third-order valence-corrected chi connectivity index (χ3v) is 3.66. The Labute approximate surface area is 113 Å². The van der Waals surface area contributed by atoms with Crippen LogP contribution in [-0.4, -0.2) is 26.3 Å². The fraction of sp³-hybridized carbons (Fsp3) is 0.875. The second-order valence-corrected chi connectivity index (χ2v) is 5.82. The van der Waals surface area contributed by atoms with Gasteiger partial charge in [-0.15, -0.1) is 0 Å². The minimum Gasteiger partial charge on any atom is -0.380 e. The summed E-state index contributed by atoms with van der Waals surface area (Å²) >= 11 is 0. The molecule has 0 aromatic carbocycles. The maximum Gasteiger partial charge on any atom is 0.0590 e. The van der Waals surface area contributed by atoms with Gasteiger partial charge in [-0.2, -0.15) is 0 Å². The maximum absolute atomic E-state index is 5.70. The first-order chi connectivity index (χ1) is 8.72. The number of unbranched alkanes of at least 4 members (excludes halogenated alkanes) is 1. The molecule has 1 aliphatic carbocycles. The molecule has 0 amide bonds. The molecular formula is C16H31NO. The number of nitrogens with one attached hydrogen (secondary N) is 1. The highest BCUT2D eigenvalue weighted by molar-refractivity contribution is 5.06. The molecule has 0 saturated heterocycles. The first kappa shape index (κ1) is 15.7. The van der Waals surface area contributed by atoms with Crippen molar-refractivity contribution in [2.75, 3.05) is 26.3 Å². The molecule has 0 fully saturated rings. The van der Waals surface area contributed by atoms with Gasteiger partial charge in [-0.05, 0) is 51.0 Å². The number of hydrogen-bond donors (Lipinski definition) is 1. The van der Waals surface area contributed by atoms with E-state index in [1.54, 1.807) is 5.57 Å². The lowest BCUT2D eigenvalue weighted by atomic mass is 9.82. The molecule has 0 bridgehead atoms. The lowest BCUT2D eigenvalue weighted by Crippen LogP contribution is -2.21. The van der Waals surface area contributed by atoms with Gasteiger partial charge in [-0.3, -0.25) is 0 Å². The van der Waals surface area contributed by atoms with E-state index in [-0.39, 0.29) is 0 Å². The molecule has 2 atom stereocenters. The normalized spacial score (nSPS) is 24.1. The van der Waals surface area contributed by atoms with E-state index in [1.165, 1.54) is 32.1 Å². The van der Waals surface area contributed by atoms with Gasteiger partial charge in [0.2, 0.25) is 0 Å². The average molecular weight is 253 g/mol. The van der Waals surface area contributed by atoms with Crippen molar-refractivity contribution >= 4 is 0 Å². The molecule has 2 nitrogen and oxygen atoms in total. The van der Waals surface area contributed by atoms with Crippen LogP contribution < -0.4 is 5.32 Å². The van der Waals surface area contributed by atoms with Gasteiger partial charge < -0.3 is 10.1 Å². The summed E-state index contributed by atoms with van der Waals surface area (Å²) in [5, 5.41) is 3.40. The van der Waals surface area contributed by atoms with Gasteiger partial charge in [0.05, 0.1) is 6.61 Å². The molecular weight excluding hydrogens is 222 g/mol. The fourth-order valence-electron chi connectivity index (χ4n) is 2.80. The quantitative estimate of drug-likeness (QED) is 0.499. The summed E-state index contributed by atoms with van der Waals surface area (Å²) in [6, 6.07) is 0. The lowest BCUT2D eigenvalue weighted by Gasteiger charge is -2.24. The van der Waals surface area contributed by atoms with E-state index >= 15 is 0 Å². The molecule has 0 aliphatic heterocycles. The first-order valence-corrected chi connectivity index (χ1v) is 7.68. The zero-order valence-corrected chi connectivity index (χ0v) is 12.5. The highest BCUT2D eigenvalue weighted by Gasteiger charge is 2.16. The standard InChI is InChI=1S/C16H31NO/c1-4-5-7-17-8-10-18-9-6-16-12-14(2)11-15(3)13-16/h12,15-17H,4-11,13H2,1-3H3/t15-,16+/m0/s1. The van der Waals surface area contributed by atoms with E-state index in [2.05, 4.69) is 32.2 Å². The van der Waals surface area contributed by atoms with Crippen molar-refractivity contribution in [3.8, 4) is 0 Å². The topological polar surface area (TPSA) is 21.3 Å². The fourth-order valence-corrected chi connectivity index (χ4v) is 2.80. The Bertz CT molecular complexity index is 237. The third kappa shape index (κ3) is 7.17. The van der Waals surface area contributed by atoms with Crippen LogP contribution >= 0.6 is 0 Å². The number of hydrogen-bond acceptors (Lipinski definition) is 2. The van der Waals surface area contributed by atoms with E-state index in [4.69, 9.17) is 4.74 Å². The van der Waals surface area contributed by atoms with Crippen LogP contribution in [0.15, 0.2) is 11.6 Å². The van der Waals surface area contributed by atoms with Crippen LogP contribution in [0.2, 0.25) is 0 Å². The lowest BCUT2D eigenvalue weighted by molar-refractivity contribution is 0.122. The van der Waals surface area contributed by atoms with E-state index < -0.39 is 0 Å². The average Bonchev–Trinajstić information content (AvgIpc) is 2.31. The molecule has 106 valence electrons. The van der Waals surface area contributed by atoms with Crippen LogP contribution in [-0.2, 0) is 4.74 Å². The first-order valence-electron chi connectivity index (χ1n) is 7.68. The maximum atomic E-state index is 5.70. The summed E-state index contributed by atoms with van der Waals surface area (Å²) < 4.78 is 5.70. The predicted octanol–water partition coefficient (Wildman–Crippen LogP) is 3.78. The van der Waals surface area contributed by atoms with Crippen LogP contribution in [0.1, 0.15) is 52.9 Å². The smallest absolute Gasteiger partial charge is 0.0590 e. The van der Waals surface area contributed by atoms with Crippen molar-refractivity contribution in [1.29, 1.82) is 0 Å². The van der Waals surface area contributed by atoms with Crippen LogP contribution in [0, 0.1) is 11.8 Å². The van der Waals surface area contributed by atoms with Crippen molar-refractivity contribution in [3.05, 3.63) is 11.6 Å². The van der Waals surface area contributed by atoms with Crippen LogP contribution in [0.4, 0.5) is 0 Å². The van der Waals surface area contributed by atoms with Crippen molar-refractivity contribution < 1.29 is 4.74 Å². The van der Waals surface area contributed by atoms with Gasteiger partial charge in [-0.25, -0.2) is 0 Å². The van der Waals surface area contributed by atoms with Crippen molar-refractivity contribution in [2.24, 2.45) is 11.8 Å². The summed E-state index contributed by atoms with van der Waals surface area (Å²) in [5.41, 5.74) is 1.57. The monoisotopic (exact) mass is 253 g/mol. The molecule has 2 heteroatoms. The molecule has 0 unspecified atom stereocenters. The summed E-state index contributed by atoms with van der Waals surface area (Å²) in [7, 11) is 0. The molecule has 0 saturated carbocycles. The predicted molar refractivity (Wildman–Crippen MR) is 78.9 cm³/mol. The number of ether oxygens (including phenoxy) is 1. The van der Waals surface area contributed by atoms with Gasteiger partial charge in [0.15, 0.2) is 0 Å². The molecule has 1 aliphatic rings. The number of rotatable bonds is 9. The van der Waals surface area contributed by atoms with E-state index in [0.29, 0.717) is 0 Å². The number of allylic oxidation sites excluding steroid dienone is 2. The van der Waals surface area contributed by atoms with Crippen LogP contribution in [0.3, 0.4) is 0 Å². The van der Waals surface area contributed by atoms with Crippen LogP contribution in [0.25, 0.3) is 0 Å². The molecule has 0 spiro atoms. The van der Waals surface area contributed by atoms with Crippen molar-refractivity contribution in [2.45, 2.75) is 52.9 Å². The molecule has 0 aromatic rings. The largest absolute Gasteiger partial charge is 0.380 e. The second-order valence-electron chi connectivity index (χ2n) is 5.82. The molecule has 0 heterocycles. The second kappa shape index (κ2) is 9.57. The van der Waals surface area contributed by atoms with Gasteiger partial charge in [-0.1, -0.05) is 31.9 Å². The van der Waals surface area contributed by atoms with E-state index in [9.17, 15) is 0 Å². The van der Waals surface area contributed by atoms with Gasteiger partial charge >= 0.3 is 0 Å². The Hall–Kier alpha value is -0.340. The molecule has 1 N–H and O–H groups in total. The summed E-state index contributed by atoms with van der Waals surface area (Å²) in [6.07, 6.45) is 8.82. The Morgan fingerprint density at radius 2 is 2.17 bits per heavy atom. The van der Waals surface area contributed by atoms with Gasteiger partial charge in [0.25, 0.3) is 0 Å². The van der Waals surface area contributed by atoms with Crippen LogP contribution in [0.5, 0.6) is 0 Å². The minimum absolute atomic E-state index is 0.752. The van der Waals surface area contributed by atoms with E-state index in [1.807, 2.05) is 0 Å². The van der Waals surface area contributed by atoms with Gasteiger partial charge in [0, 0.05) is 13.2 Å². The third-order valence-electron chi connectivity index (χ3n) is 3.66. The summed E-state index contributed by atoms with van der Waals surface area (Å²) in [5.74, 6) is 1.61.